The van der Waals surface area contributed by atoms with Gasteiger partial charge in [0.1, 0.15) is 5.41 Å². The van der Waals surface area contributed by atoms with Gasteiger partial charge < -0.3 is 15.4 Å². The van der Waals surface area contributed by atoms with Crippen LogP contribution in [-0.2, 0) is 14.3 Å². The number of hydrogen-bond acceptors (Lipinski definition) is 3. The fourth-order valence-electron chi connectivity index (χ4n) is 1.58. The molecule has 5 heteroatoms. The van der Waals surface area contributed by atoms with Gasteiger partial charge in [0, 0.05) is 20.2 Å². The first-order valence-corrected chi connectivity index (χ1v) is 6.08. The maximum atomic E-state index is 11.9. The van der Waals surface area contributed by atoms with Crippen molar-refractivity contribution in [2.24, 2.45) is 11.3 Å². The number of carbonyl (C=O) groups excluding carboxylic acids is 2. The zero-order valence-corrected chi connectivity index (χ0v) is 10.8. The van der Waals surface area contributed by atoms with E-state index in [-0.39, 0.29) is 11.8 Å². The normalized spacial score (nSPS) is 16.7. The van der Waals surface area contributed by atoms with Crippen LogP contribution in [0.15, 0.2) is 0 Å². The molecule has 0 aliphatic heterocycles. The summed E-state index contributed by atoms with van der Waals surface area (Å²) in [4.78, 5) is 23.8. The second-order valence-electron chi connectivity index (χ2n) is 4.93. The molecule has 2 amide bonds. The van der Waals surface area contributed by atoms with E-state index in [1.54, 1.807) is 7.11 Å². The molecule has 0 radical (unpaired) electrons. The Bertz CT molecular complexity index is 285. The van der Waals surface area contributed by atoms with Crippen LogP contribution in [0.3, 0.4) is 0 Å². The van der Waals surface area contributed by atoms with E-state index in [4.69, 9.17) is 4.74 Å². The number of carbonyl (C=O) groups is 2. The molecule has 0 atom stereocenters. The lowest BCUT2D eigenvalue weighted by atomic mass is 10.0. The quantitative estimate of drug-likeness (QED) is 0.498. The molecule has 1 aliphatic rings. The van der Waals surface area contributed by atoms with Crippen molar-refractivity contribution in [2.75, 3.05) is 26.8 Å². The molecule has 0 saturated heterocycles. The third kappa shape index (κ3) is 3.70. The Kier molecular flexibility index (Phi) is 4.93. The van der Waals surface area contributed by atoms with Gasteiger partial charge >= 0.3 is 0 Å². The fraction of sp³-hybridized carbons (Fsp3) is 0.833. The number of hydrogen-bond donors (Lipinski definition) is 2. The topological polar surface area (TPSA) is 67.4 Å². The summed E-state index contributed by atoms with van der Waals surface area (Å²) in [6.45, 7) is 5.59. The Morgan fingerprint density at radius 2 is 1.82 bits per heavy atom. The van der Waals surface area contributed by atoms with Crippen molar-refractivity contribution in [3.63, 3.8) is 0 Å². The van der Waals surface area contributed by atoms with Crippen molar-refractivity contribution in [1.29, 1.82) is 0 Å². The fourth-order valence-corrected chi connectivity index (χ4v) is 1.58. The van der Waals surface area contributed by atoms with Crippen molar-refractivity contribution >= 4 is 11.8 Å². The van der Waals surface area contributed by atoms with E-state index in [1.807, 2.05) is 13.8 Å². The number of nitrogens with one attached hydrogen (secondary N) is 2. The maximum absolute atomic E-state index is 11.9. The van der Waals surface area contributed by atoms with Crippen LogP contribution in [0.5, 0.6) is 0 Å². The van der Waals surface area contributed by atoms with E-state index < -0.39 is 5.41 Å². The summed E-state index contributed by atoms with van der Waals surface area (Å²) < 4.78 is 4.85. The van der Waals surface area contributed by atoms with Crippen LogP contribution in [0.4, 0.5) is 0 Å². The van der Waals surface area contributed by atoms with Gasteiger partial charge in [-0.25, -0.2) is 0 Å². The third-order valence-corrected chi connectivity index (χ3v) is 2.88. The van der Waals surface area contributed by atoms with Crippen LogP contribution in [-0.4, -0.2) is 38.6 Å². The van der Waals surface area contributed by atoms with Gasteiger partial charge in [0.15, 0.2) is 0 Å². The van der Waals surface area contributed by atoms with E-state index in [2.05, 4.69) is 10.6 Å². The van der Waals surface area contributed by atoms with Gasteiger partial charge in [-0.2, -0.15) is 0 Å². The first-order valence-electron chi connectivity index (χ1n) is 6.08. The Morgan fingerprint density at radius 3 is 2.29 bits per heavy atom. The van der Waals surface area contributed by atoms with Gasteiger partial charge in [0.2, 0.25) is 11.8 Å². The minimum atomic E-state index is -0.803. The summed E-state index contributed by atoms with van der Waals surface area (Å²) in [6.07, 6.45) is 1.30. The maximum Gasteiger partial charge on any atom is 0.235 e. The number of methoxy groups -OCH3 is 1. The molecule has 1 fully saturated rings. The van der Waals surface area contributed by atoms with Crippen LogP contribution < -0.4 is 10.6 Å². The van der Waals surface area contributed by atoms with Crippen molar-refractivity contribution in [1.82, 2.24) is 10.6 Å². The monoisotopic (exact) mass is 242 g/mol. The molecule has 98 valence electrons. The SMILES string of the molecule is COCCNC(=O)C1(C(=O)NCC(C)C)CC1. The van der Waals surface area contributed by atoms with Crippen LogP contribution >= 0.6 is 0 Å². The van der Waals surface area contributed by atoms with Crippen LogP contribution in [0.25, 0.3) is 0 Å². The van der Waals surface area contributed by atoms with Gasteiger partial charge in [-0.05, 0) is 18.8 Å². The smallest absolute Gasteiger partial charge is 0.235 e. The second-order valence-corrected chi connectivity index (χ2v) is 4.93. The first-order chi connectivity index (χ1) is 8.03. The largest absolute Gasteiger partial charge is 0.383 e. The van der Waals surface area contributed by atoms with Crippen LogP contribution in [0.1, 0.15) is 26.7 Å². The van der Waals surface area contributed by atoms with Crippen molar-refractivity contribution < 1.29 is 14.3 Å². The summed E-state index contributed by atoms with van der Waals surface area (Å²) >= 11 is 0. The van der Waals surface area contributed by atoms with E-state index in [0.717, 1.165) is 0 Å². The minimum Gasteiger partial charge on any atom is -0.383 e. The van der Waals surface area contributed by atoms with Gasteiger partial charge in [-0.3, -0.25) is 9.59 Å². The Labute approximate surface area is 102 Å². The molecule has 2 N–H and O–H groups in total. The second kappa shape index (κ2) is 6.00. The van der Waals surface area contributed by atoms with Crippen molar-refractivity contribution in [2.45, 2.75) is 26.7 Å². The Morgan fingerprint density at radius 1 is 1.24 bits per heavy atom. The van der Waals surface area contributed by atoms with E-state index in [0.29, 0.717) is 38.5 Å². The number of amides is 2. The molecule has 17 heavy (non-hydrogen) atoms. The lowest BCUT2D eigenvalue weighted by molar-refractivity contribution is -0.137. The van der Waals surface area contributed by atoms with Gasteiger partial charge in [0.05, 0.1) is 6.61 Å². The summed E-state index contributed by atoms with van der Waals surface area (Å²) in [5.74, 6) is 0.0863. The first kappa shape index (κ1) is 14.0. The van der Waals surface area contributed by atoms with E-state index >= 15 is 0 Å². The third-order valence-electron chi connectivity index (χ3n) is 2.88. The molecule has 0 aromatic rings. The predicted octanol–water partition coefficient (Wildman–Crippen LogP) is 0.301. The molecule has 0 spiro atoms. The predicted molar refractivity (Wildman–Crippen MR) is 64.4 cm³/mol. The highest BCUT2D eigenvalue weighted by Gasteiger charge is 2.56. The molecule has 0 heterocycles. The summed E-state index contributed by atoms with van der Waals surface area (Å²) in [7, 11) is 1.58. The standard InChI is InChI=1S/C12H22N2O3/c1-9(2)8-14-11(16)12(4-5-12)10(15)13-6-7-17-3/h9H,4-8H2,1-3H3,(H,13,15)(H,14,16). The van der Waals surface area contributed by atoms with E-state index in [9.17, 15) is 9.59 Å². The molecular formula is C12H22N2O3. The summed E-state index contributed by atoms with van der Waals surface area (Å²) in [5.41, 5.74) is -0.803. The average molecular weight is 242 g/mol. The summed E-state index contributed by atoms with van der Waals surface area (Å²) in [5, 5.41) is 5.56. The molecule has 0 aromatic carbocycles. The van der Waals surface area contributed by atoms with Crippen molar-refractivity contribution in [3.8, 4) is 0 Å². The van der Waals surface area contributed by atoms with Gasteiger partial charge in [-0.1, -0.05) is 13.8 Å². The van der Waals surface area contributed by atoms with Crippen LogP contribution in [0.2, 0.25) is 0 Å². The lowest BCUT2D eigenvalue weighted by Crippen LogP contribution is -2.44. The van der Waals surface area contributed by atoms with E-state index in [1.165, 1.54) is 0 Å². The van der Waals surface area contributed by atoms with Crippen molar-refractivity contribution in [3.05, 3.63) is 0 Å². The van der Waals surface area contributed by atoms with Gasteiger partial charge in [-0.15, -0.1) is 0 Å². The minimum absolute atomic E-state index is 0.138. The molecule has 0 bridgehead atoms. The highest BCUT2D eigenvalue weighted by atomic mass is 16.5. The highest BCUT2D eigenvalue weighted by molar-refractivity contribution is 6.07. The molecule has 0 unspecified atom stereocenters. The molecule has 0 aromatic heterocycles. The molecule has 5 nitrogen and oxygen atoms in total. The van der Waals surface area contributed by atoms with Crippen LogP contribution in [0, 0.1) is 11.3 Å². The zero-order valence-electron chi connectivity index (χ0n) is 10.8. The summed E-state index contributed by atoms with van der Waals surface area (Å²) in [6, 6.07) is 0. The molecule has 1 saturated carbocycles. The Balaban J connectivity index is 2.39. The van der Waals surface area contributed by atoms with Gasteiger partial charge in [0.25, 0.3) is 0 Å². The highest BCUT2D eigenvalue weighted by Crippen LogP contribution is 2.46. The molecule has 1 aliphatic carbocycles. The molecule has 1 rings (SSSR count). The molecular weight excluding hydrogens is 220 g/mol. The lowest BCUT2D eigenvalue weighted by Gasteiger charge is -2.16. The number of ether oxygens (including phenoxy) is 1. The average Bonchev–Trinajstić information content (AvgIpc) is 3.07. The zero-order chi connectivity index (χ0) is 12.9. The Hall–Kier alpha value is -1.10. The number of rotatable bonds is 7.